The fourth-order valence-electron chi connectivity index (χ4n) is 3.35. The molecule has 1 aromatic rings. The molecule has 0 aromatic heterocycles. The van der Waals surface area contributed by atoms with Gasteiger partial charge in [-0.15, -0.1) is 0 Å². The van der Waals surface area contributed by atoms with Crippen molar-refractivity contribution in [3.63, 3.8) is 0 Å². The van der Waals surface area contributed by atoms with E-state index in [0.29, 0.717) is 38.1 Å². The minimum atomic E-state index is -3.42. The monoisotopic (exact) mass is 437 g/mol. The van der Waals surface area contributed by atoms with Gasteiger partial charge in [0.2, 0.25) is 21.8 Å². The van der Waals surface area contributed by atoms with Gasteiger partial charge < -0.3 is 10.1 Å². The Hall–Kier alpha value is -1.97. The first-order valence-corrected chi connectivity index (χ1v) is 12.3. The molecule has 30 heavy (non-hydrogen) atoms. The van der Waals surface area contributed by atoms with Crippen LogP contribution in [-0.2, 0) is 19.6 Å². The molecular formula is C21H31N3O5S. The van der Waals surface area contributed by atoms with Gasteiger partial charge in [0.15, 0.2) is 0 Å². The van der Waals surface area contributed by atoms with Crippen LogP contribution in [0.15, 0.2) is 24.3 Å². The van der Waals surface area contributed by atoms with E-state index in [1.165, 1.54) is 12.8 Å². The second kappa shape index (κ2) is 10.4. The quantitative estimate of drug-likeness (QED) is 0.338. The number of nitrogens with one attached hydrogen (secondary N) is 3. The Bertz CT molecular complexity index is 854. The van der Waals surface area contributed by atoms with E-state index in [1.54, 1.807) is 0 Å². The molecule has 2 amide bonds. The van der Waals surface area contributed by atoms with E-state index in [0.717, 1.165) is 17.9 Å². The lowest BCUT2D eigenvalue weighted by Gasteiger charge is -2.21. The van der Waals surface area contributed by atoms with E-state index in [9.17, 15) is 18.0 Å². The van der Waals surface area contributed by atoms with E-state index in [4.69, 9.17) is 4.74 Å². The first-order valence-electron chi connectivity index (χ1n) is 10.6. The number of unbranched alkanes of at least 4 members (excludes halogenated alkanes) is 1. The maximum absolute atomic E-state index is 12.4. The SMILES string of the molecule is CC(NS(=O)(=O)CCCCNC1CCC(=O)NC1=O)c1cccc(OCC2CC2)c1. The van der Waals surface area contributed by atoms with Crippen molar-refractivity contribution in [3.05, 3.63) is 29.8 Å². The van der Waals surface area contributed by atoms with Gasteiger partial charge >= 0.3 is 0 Å². The van der Waals surface area contributed by atoms with Crippen LogP contribution in [0.25, 0.3) is 0 Å². The summed E-state index contributed by atoms with van der Waals surface area (Å²) in [7, 11) is -3.42. The standard InChI is InChI=1S/C21H31N3O5S/c1-15(17-5-4-6-18(13-17)29-14-16-7-8-16)24-30(27,28)12-3-2-11-22-19-9-10-20(25)23-21(19)26/h4-6,13,15-16,19,22,24H,2-3,7-12,14H2,1H3,(H,23,25,26). The second-order valence-corrected chi connectivity index (χ2v) is 10.0. The Balaban J connectivity index is 1.37. The van der Waals surface area contributed by atoms with Crippen LogP contribution in [0.2, 0.25) is 0 Å². The van der Waals surface area contributed by atoms with Crippen molar-refractivity contribution < 1.29 is 22.7 Å². The molecule has 8 nitrogen and oxygen atoms in total. The van der Waals surface area contributed by atoms with Crippen molar-refractivity contribution in [3.8, 4) is 5.75 Å². The number of imide groups is 1. The summed E-state index contributed by atoms with van der Waals surface area (Å²) in [5.74, 6) is 0.896. The molecule has 0 radical (unpaired) electrons. The Kier molecular flexibility index (Phi) is 7.85. The summed E-state index contributed by atoms with van der Waals surface area (Å²) in [5.41, 5.74) is 0.867. The summed E-state index contributed by atoms with van der Waals surface area (Å²) >= 11 is 0. The summed E-state index contributed by atoms with van der Waals surface area (Å²) in [4.78, 5) is 22.8. The molecule has 1 aliphatic carbocycles. The number of amides is 2. The average molecular weight is 438 g/mol. The van der Waals surface area contributed by atoms with Gasteiger partial charge in [0.05, 0.1) is 18.4 Å². The number of ether oxygens (including phenoxy) is 1. The molecule has 1 aromatic carbocycles. The Morgan fingerprint density at radius 1 is 1.20 bits per heavy atom. The van der Waals surface area contributed by atoms with Gasteiger partial charge in [-0.1, -0.05) is 12.1 Å². The third-order valence-electron chi connectivity index (χ3n) is 5.37. The normalized spacial score (nSPS) is 20.6. The van der Waals surface area contributed by atoms with Crippen molar-refractivity contribution in [1.29, 1.82) is 0 Å². The molecule has 2 unspecified atom stereocenters. The summed E-state index contributed by atoms with van der Waals surface area (Å²) in [6.45, 7) is 3.07. The fourth-order valence-corrected chi connectivity index (χ4v) is 4.73. The number of benzene rings is 1. The largest absolute Gasteiger partial charge is 0.493 e. The van der Waals surface area contributed by atoms with Gasteiger partial charge in [-0.2, -0.15) is 0 Å². The molecule has 2 atom stereocenters. The number of carbonyl (C=O) groups is 2. The summed E-state index contributed by atoms with van der Waals surface area (Å²) in [6, 6.07) is 6.82. The van der Waals surface area contributed by atoms with Gasteiger partial charge in [-0.25, -0.2) is 13.1 Å². The third-order valence-corrected chi connectivity index (χ3v) is 6.91. The lowest BCUT2D eigenvalue weighted by molar-refractivity contribution is -0.134. The minimum Gasteiger partial charge on any atom is -0.493 e. The molecule has 166 valence electrons. The van der Waals surface area contributed by atoms with Gasteiger partial charge in [-0.3, -0.25) is 14.9 Å². The van der Waals surface area contributed by atoms with E-state index in [-0.39, 0.29) is 29.7 Å². The zero-order chi connectivity index (χ0) is 21.6. The number of sulfonamides is 1. The average Bonchev–Trinajstić information content (AvgIpc) is 3.52. The predicted octanol–water partition coefficient (Wildman–Crippen LogP) is 1.63. The molecule has 3 N–H and O–H groups in total. The highest BCUT2D eigenvalue weighted by Gasteiger charge is 2.25. The zero-order valence-electron chi connectivity index (χ0n) is 17.4. The Morgan fingerprint density at radius 3 is 2.73 bits per heavy atom. The molecule has 1 saturated carbocycles. The predicted molar refractivity (Wildman–Crippen MR) is 113 cm³/mol. The first-order chi connectivity index (χ1) is 14.3. The van der Waals surface area contributed by atoms with Crippen LogP contribution < -0.4 is 20.1 Å². The van der Waals surface area contributed by atoms with Gasteiger partial charge in [0.25, 0.3) is 0 Å². The Labute approximate surface area is 178 Å². The van der Waals surface area contributed by atoms with Gasteiger partial charge in [0, 0.05) is 12.5 Å². The third kappa shape index (κ3) is 7.37. The van der Waals surface area contributed by atoms with E-state index >= 15 is 0 Å². The van der Waals surface area contributed by atoms with Crippen molar-refractivity contribution >= 4 is 21.8 Å². The second-order valence-electron chi connectivity index (χ2n) is 8.15. The number of hydrogen-bond acceptors (Lipinski definition) is 6. The molecular weight excluding hydrogens is 406 g/mol. The maximum atomic E-state index is 12.4. The van der Waals surface area contributed by atoms with Crippen LogP contribution in [0.3, 0.4) is 0 Å². The van der Waals surface area contributed by atoms with Crippen LogP contribution in [0.4, 0.5) is 0 Å². The highest BCUT2D eigenvalue weighted by Crippen LogP contribution is 2.30. The van der Waals surface area contributed by atoms with E-state index < -0.39 is 10.0 Å². The molecule has 1 saturated heterocycles. The summed E-state index contributed by atoms with van der Waals surface area (Å²) < 4.78 is 33.3. The van der Waals surface area contributed by atoms with Crippen LogP contribution in [0.5, 0.6) is 5.75 Å². The van der Waals surface area contributed by atoms with Gasteiger partial charge in [0.1, 0.15) is 5.75 Å². The molecule has 3 rings (SSSR count). The van der Waals surface area contributed by atoms with Crippen molar-refractivity contribution in [2.75, 3.05) is 18.9 Å². The zero-order valence-corrected chi connectivity index (χ0v) is 18.2. The number of hydrogen-bond donors (Lipinski definition) is 3. The van der Waals surface area contributed by atoms with Crippen molar-refractivity contribution in [1.82, 2.24) is 15.4 Å². The molecule has 0 bridgehead atoms. The molecule has 0 spiro atoms. The summed E-state index contributed by atoms with van der Waals surface area (Å²) in [5, 5.41) is 5.38. The first kappa shape index (κ1) is 22.7. The van der Waals surface area contributed by atoms with E-state index in [2.05, 4.69) is 15.4 Å². The molecule has 2 aliphatic rings. The highest BCUT2D eigenvalue weighted by molar-refractivity contribution is 7.89. The van der Waals surface area contributed by atoms with E-state index in [1.807, 2.05) is 31.2 Å². The summed E-state index contributed by atoms with van der Waals surface area (Å²) in [6.07, 6.45) is 4.35. The van der Waals surface area contributed by atoms with Crippen molar-refractivity contribution in [2.45, 2.75) is 57.5 Å². The molecule has 1 aliphatic heterocycles. The Morgan fingerprint density at radius 2 is 2.00 bits per heavy atom. The molecule has 1 heterocycles. The molecule has 9 heteroatoms. The minimum absolute atomic E-state index is 0.0201. The maximum Gasteiger partial charge on any atom is 0.243 e. The van der Waals surface area contributed by atoms with Crippen molar-refractivity contribution in [2.24, 2.45) is 5.92 Å². The number of rotatable bonds is 12. The highest BCUT2D eigenvalue weighted by atomic mass is 32.2. The van der Waals surface area contributed by atoms with Crippen LogP contribution in [0.1, 0.15) is 57.1 Å². The number of carbonyl (C=O) groups excluding carboxylic acids is 2. The topological polar surface area (TPSA) is 114 Å². The van der Waals surface area contributed by atoms with Crippen LogP contribution in [0, 0.1) is 5.92 Å². The smallest absolute Gasteiger partial charge is 0.243 e. The lowest BCUT2D eigenvalue weighted by atomic mass is 10.1. The van der Waals surface area contributed by atoms with Crippen LogP contribution >= 0.6 is 0 Å². The molecule has 2 fully saturated rings. The fraction of sp³-hybridized carbons (Fsp3) is 0.619. The lowest BCUT2D eigenvalue weighted by Crippen LogP contribution is -2.50. The number of piperidine rings is 1. The van der Waals surface area contributed by atoms with Crippen LogP contribution in [-0.4, -0.2) is 45.2 Å². The van der Waals surface area contributed by atoms with Gasteiger partial charge in [-0.05, 0) is 69.2 Å².